The monoisotopic (exact) mass is 366 g/mol. The van der Waals surface area contributed by atoms with Gasteiger partial charge in [-0.2, -0.15) is 0 Å². The smallest absolute Gasteiger partial charge is 0.222 e. The fourth-order valence-electron chi connectivity index (χ4n) is 1.17. The standard InChI is InChI=1S/C11H16Br2N2O2/c1-7(2)11(16)15-4-3-14-6-8-5-9(12)10(13)17-8/h5,7,14H,3-4,6H2,1-2H3,(H,15,16). The average molecular weight is 368 g/mol. The van der Waals surface area contributed by atoms with Gasteiger partial charge in [-0.1, -0.05) is 13.8 Å². The van der Waals surface area contributed by atoms with Crippen LogP contribution in [-0.2, 0) is 11.3 Å². The van der Waals surface area contributed by atoms with E-state index < -0.39 is 0 Å². The minimum Gasteiger partial charge on any atom is -0.452 e. The highest BCUT2D eigenvalue weighted by Gasteiger charge is 2.06. The fourth-order valence-corrected chi connectivity index (χ4v) is 1.83. The first kappa shape index (κ1) is 14.7. The van der Waals surface area contributed by atoms with E-state index in [4.69, 9.17) is 4.42 Å². The molecule has 0 aliphatic carbocycles. The maximum Gasteiger partial charge on any atom is 0.222 e. The molecule has 0 aliphatic heterocycles. The Balaban J connectivity index is 2.14. The number of carbonyl (C=O) groups is 1. The van der Waals surface area contributed by atoms with Crippen molar-refractivity contribution in [2.24, 2.45) is 5.92 Å². The van der Waals surface area contributed by atoms with Gasteiger partial charge >= 0.3 is 0 Å². The third kappa shape index (κ3) is 5.23. The maximum absolute atomic E-state index is 11.3. The predicted octanol–water partition coefficient (Wildman–Crippen LogP) is 2.67. The van der Waals surface area contributed by atoms with Gasteiger partial charge in [-0.25, -0.2) is 0 Å². The van der Waals surface area contributed by atoms with Gasteiger partial charge in [-0.15, -0.1) is 0 Å². The fraction of sp³-hybridized carbons (Fsp3) is 0.545. The van der Waals surface area contributed by atoms with Crippen LogP contribution in [0.2, 0.25) is 0 Å². The Hall–Kier alpha value is -0.330. The Morgan fingerprint density at radius 1 is 1.41 bits per heavy atom. The lowest BCUT2D eigenvalue weighted by molar-refractivity contribution is -0.123. The molecule has 0 radical (unpaired) electrons. The summed E-state index contributed by atoms with van der Waals surface area (Å²) in [5, 5.41) is 6.02. The molecule has 2 N–H and O–H groups in total. The van der Waals surface area contributed by atoms with Crippen molar-refractivity contribution >= 4 is 37.8 Å². The van der Waals surface area contributed by atoms with E-state index in [1.54, 1.807) is 0 Å². The molecule has 0 atom stereocenters. The minimum absolute atomic E-state index is 0.0342. The van der Waals surface area contributed by atoms with Crippen molar-refractivity contribution < 1.29 is 9.21 Å². The third-order valence-electron chi connectivity index (χ3n) is 2.12. The predicted molar refractivity (Wildman–Crippen MR) is 73.7 cm³/mol. The van der Waals surface area contributed by atoms with Gasteiger partial charge in [0.25, 0.3) is 0 Å². The zero-order valence-electron chi connectivity index (χ0n) is 9.85. The molecule has 96 valence electrons. The maximum atomic E-state index is 11.3. The molecule has 1 rings (SSSR count). The molecule has 4 nitrogen and oxygen atoms in total. The Morgan fingerprint density at radius 3 is 2.65 bits per heavy atom. The topological polar surface area (TPSA) is 54.3 Å². The van der Waals surface area contributed by atoms with E-state index in [0.29, 0.717) is 24.3 Å². The van der Waals surface area contributed by atoms with Gasteiger partial charge in [-0.05, 0) is 37.9 Å². The summed E-state index contributed by atoms with van der Waals surface area (Å²) in [5.41, 5.74) is 0. The van der Waals surface area contributed by atoms with Crippen LogP contribution in [0.1, 0.15) is 19.6 Å². The zero-order chi connectivity index (χ0) is 12.8. The molecule has 6 heteroatoms. The van der Waals surface area contributed by atoms with E-state index in [0.717, 1.165) is 10.2 Å². The number of hydrogen-bond acceptors (Lipinski definition) is 3. The summed E-state index contributed by atoms with van der Waals surface area (Å²) in [6.07, 6.45) is 0. The van der Waals surface area contributed by atoms with Crippen molar-refractivity contribution in [1.29, 1.82) is 0 Å². The van der Waals surface area contributed by atoms with Gasteiger partial charge in [0.2, 0.25) is 5.91 Å². The lowest BCUT2D eigenvalue weighted by Crippen LogP contribution is -2.34. The van der Waals surface area contributed by atoms with Crippen LogP contribution in [0.3, 0.4) is 0 Å². The number of carbonyl (C=O) groups excluding carboxylic acids is 1. The van der Waals surface area contributed by atoms with Crippen molar-refractivity contribution in [1.82, 2.24) is 10.6 Å². The second-order valence-electron chi connectivity index (χ2n) is 3.96. The molecule has 1 aromatic heterocycles. The highest BCUT2D eigenvalue weighted by Crippen LogP contribution is 2.26. The molecule has 0 bridgehead atoms. The van der Waals surface area contributed by atoms with Crippen LogP contribution >= 0.6 is 31.9 Å². The number of nitrogens with one attached hydrogen (secondary N) is 2. The molecule has 0 unspecified atom stereocenters. The molecule has 0 fully saturated rings. The molecule has 0 saturated carbocycles. The largest absolute Gasteiger partial charge is 0.452 e. The van der Waals surface area contributed by atoms with Crippen molar-refractivity contribution in [2.75, 3.05) is 13.1 Å². The lowest BCUT2D eigenvalue weighted by atomic mass is 10.2. The number of halogens is 2. The Bertz CT molecular complexity index is 358. The van der Waals surface area contributed by atoms with Gasteiger partial charge in [0.15, 0.2) is 4.67 Å². The van der Waals surface area contributed by atoms with Crippen molar-refractivity contribution in [3.05, 3.63) is 21.0 Å². The summed E-state index contributed by atoms with van der Waals surface area (Å²) in [5.74, 6) is 0.959. The van der Waals surface area contributed by atoms with E-state index >= 15 is 0 Å². The van der Waals surface area contributed by atoms with E-state index in [2.05, 4.69) is 42.5 Å². The van der Waals surface area contributed by atoms with Crippen LogP contribution in [0.15, 0.2) is 19.6 Å². The number of amides is 1. The summed E-state index contributed by atoms with van der Waals surface area (Å²) >= 11 is 6.62. The molecule has 0 aliphatic rings. The van der Waals surface area contributed by atoms with Crippen LogP contribution in [-0.4, -0.2) is 19.0 Å². The molecule has 1 aromatic rings. The lowest BCUT2D eigenvalue weighted by Gasteiger charge is -2.07. The quantitative estimate of drug-likeness (QED) is 0.760. The molecule has 0 aromatic carbocycles. The van der Waals surface area contributed by atoms with Crippen LogP contribution < -0.4 is 10.6 Å². The number of hydrogen-bond donors (Lipinski definition) is 2. The SMILES string of the molecule is CC(C)C(=O)NCCNCc1cc(Br)c(Br)o1. The summed E-state index contributed by atoms with van der Waals surface area (Å²) in [6.45, 7) is 5.73. The van der Waals surface area contributed by atoms with Gasteiger partial charge in [0.05, 0.1) is 11.0 Å². The number of furan rings is 1. The molecule has 1 heterocycles. The first-order chi connectivity index (χ1) is 8.00. The van der Waals surface area contributed by atoms with E-state index in [-0.39, 0.29) is 11.8 Å². The Morgan fingerprint density at radius 2 is 2.12 bits per heavy atom. The molecular weight excluding hydrogens is 352 g/mol. The Labute approximate surface area is 118 Å². The van der Waals surface area contributed by atoms with E-state index in [1.165, 1.54) is 0 Å². The van der Waals surface area contributed by atoms with Gasteiger partial charge in [0.1, 0.15) is 5.76 Å². The first-order valence-electron chi connectivity index (χ1n) is 5.43. The highest BCUT2D eigenvalue weighted by molar-refractivity contribution is 9.13. The summed E-state index contributed by atoms with van der Waals surface area (Å²) in [7, 11) is 0. The molecule has 17 heavy (non-hydrogen) atoms. The van der Waals surface area contributed by atoms with Crippen LogP contribution in [0.4, 0.5) is 0 Å². The zero-order valence-corrected chi connectivity index (χ0v) is 13.0. The first-order valence-corrected chi connectivity index (χ1v) is 7.01. The highest BCUT2D eigenvalue weighted by atomic mass is 79.9. The average Bonchev–Trinajstić information content (AvgIpc) is 2.57. The molecule has 0 spiro atoms. The van der Waals surface area contributed by atoms with Gasteiger partial charge in [-0.3, -0.25) is 4.79 Å². The van der Waals surface area contributed by atoms with Crippen LogP contribution in [0.25, 0.3) is 0 Å². The summed E-state index contributed by atoms with van der Waals surface area (Å²) in [6, 6.07) is 1.91. The third-order valence-corrected chi connectivity index (χ3v) is 3.83. The van der Waals surface area contributed by atoms with Crippen molar-refractivity contribution in [3.8, 4) is 0 Å². The second kappa shape index (κ2) is 7.18. The van der Waals surface area contributed by atoms with Crippen LogP contribution in [0.5, 0.6) is 0 Å². The Kier molecular flexibility index (Phi) is 6.22. The minimum atomic E-state index is 0.0342. The number of rotatable bonds is 6. The van der Waals surface area contributed by atoms with E-state index in [1.807, 2.05) is 19.9 Å². The van der Waals surface area contributed by atoms with Gasteiger partial charge in [0, 0.05) is 19.0 Å². The van der Waals surface area contributed by atoms with Crippen molar-refractivity contribution in [3.63, 3.8) is 0 Å². The normalized spacial score (nSPS) is 10.9. The van der Waals surface area contributed by atoms with E-state index in [9.17, 15) is 4.79 Å². The van der Waals surface area contributed by atoms with Crippen molar-refractivity contribution in [2.45, 2.75) is 20.4 Å². The summed E-state index contributed by atoms with van der Waals surface area (Å²) in [4.78, 5) is 11.3. The molecule has 0 saturated heterocycles. The second-order valence-corrected chi connectivity index (χ2v) is 5.53. The summed E-state index contributed by atoms with van der Waals surface area (Å²) < 4.78 is 7.00. The molecule has 1 amide bonds. The van der Waals surface area contributed by atoms with Crippen LogP contribution in [0, 0.1) is 5.92 Å². The molecular formula is C11H16Br2N2O2. The van der Waals surface area contributed by atoms with Gasteiger partial charge < -0.3 is 15.1 Å².